The second-order valence-corrected chi connectivity index (χ2v) is 5.56. The van der Waals surface area contributed by atoms with Gasteiger partial charge in [0.2, 0.25) is 0 Å². The minimum absolute atomic E-state index is 0.505. The van der Waals surface area contributed by atoms with Gasteiger partial charge < -0.3 is 5.73 Å². The Kier molecular flexibility index (Phi) is 3.57. The Labute approximate surface area is 132 Å². The molecule has 6 heteroatoms. The number of nitrogens with zero attached hydrogens (tertiary/aromatic N) is 3. The summed E-state index contributed by atoms with van der Waals surface area (Å²) in [5.41, 5.74) is 9.91. The zero-order chi connectivity index (χ0) is 15.0. The van der Waals surface area contributed by atoms with Crippen molar-refractivity contribution in [3.63, 3.8) is 0 Å². The van der Waals surface area contributed by atoms with E-state index < -0.39 is 0 Å². The summed E-state index contributed by atoms with van der Waals surface area (Å²) in [7, 11) is 0. The van der Waals surface area contributed by atoms with E-state index in [-0.39, 0.29) is 0 Å². The van der Waals surface area contributed by atoms with Crippen molar-refractivity contribution >= 4 is 28.9 Å². The lowest BCUT2D eigenvalue weighted by molar-refractivity contribution is 0.804. The fourth-order valence-electron chi connectivity index (χ4n) is 2.06. The van der Waals surface area contributed by atoms with E-state index in [1.165, 1.54) is 0 Å². The van der Waals surface area contributed by atoms with E-state index in [0.29, 0.717) is 15.7 Å². The highest BCUT2D eigenvalue weighted by atomic mass is 35.5. The van der Waals surface area contributed by atoms with Gasteiger partial charge in [-0.2, -0.15) is 0 Å². The molecule has 3 rings (SSSR count). The molecule has 3 aromatic rings. The SMILES string of the molecule is Cc1ccc(Cl)cc1-c1cn(-c2ccc(Cl)c(N)c2)nn1. The molecule has 0 saturated carbocycles. The first-order valence-electron chi connectivity index (χ1n) is 6.29. The molecule has 0 amide bonds. The third-order valence-electron chi connectivity index (χ3n) is 3.21. The second kappa shape index (κ2) is 5.39. The quantitative estimate of drug-likeness (QED) is 0.723. The van der Waals surface area contributed by atoms with Crippen LogP contribution in [0.2, 0.25) is 10.0 Å². The molecular formula is C15H12Cl2N4. The number of nitrogen functional groups attached to an aromatic ring is 1. The van der Waals surface area contributed by atoms with Crippen molar-refractivity contribution in [2.24, 2.45) is 0 Å². The summed E-state index contributed by atoms with van der Waals surface area (Å²) in [6, 6.07) is 11.0. The van der Waals surface area contributed by atoms with E-state index >= 15 is 0 Å². The number of nitrogens with two attached hydrogens (primary N) is 1. The van der Waals surface area contributed by atoms with Gasteiger partial charge in [0.15, 0.2) is 0 Å². The van der Waals surface area contributed by atoms with Gasteiger partial charge in [-0.3, -0.25) is 0 Å². The van der Waals surface area contributed by atoms with Crippen molar-refractivity contribution in [1.29, 1.82) is 0 Å². The topological polar surface area (TPSA) is 56.7 Å². The van der Waals surface area contributed by atoms with Crippen LogP contribution in [0.25, 0.3) is 16.9 Å². The lowest BCUT2D eigenvalue weighted by Gasteiger charge is -2.03. The highest BCUT2D eigenvalue weighted by Crippen LogP contribution is 2.26. The summed E-state index contributed by atoms with van der Waals surface area (Å²) < 4.78 is 1.66. The van der Waals surface area contributed by atoms with Gasteiger partial charge in [-0.25, -0.2) is 4.68 Å². The molecule has 2 N–H and O–H groups in total. The summed E-state index contributed by atoms with van der Waals surface area (Å²) in [6.45, 7) is 2.00. The Balaban J connectivity index is 2.03. The molecule has 0 aliphatic carbocycles. The predicted octanol–water partition coefficient (Wildman–Crippen LogP) is 4.13. The predicted molar refractivity (Wildman–Crippen MR) is 86.0 cm³/mol. The van der Waals surface area contributed by atoms with Gasteiger partial charge in [-0.05, 0) is 42.8 Å². The fourth-order valence-corrected chi connectivity index (χ4v) is 2.35. The summed E-state index contributed by atoms with van der Waals surface area (Å²) in [5, 5.41) is 9.51. The van der Waals surface area contributed by atoms with E-state index in [4.69, 9.17) is 28.9 Å². The van der Waals surface area contributed by atoms with Gasteiger partial charge in [0.05, 0.1) is 22.6 Å². The maximum atomic E-state index is 6.04. The summed E-state index contributed by atoms with van der Waals surface area (Å²) in [5.74, 6) is 0. The monoisotopic (exact) mass is 318 g/mol. The molecule has 0 unspecified atom stereocenters. The highest BCUT2D eigenvalue weighted by molar-refractivity contribution is 6.33. The Morgan fingerprint density at radius 2 is 1.90 bits per heavy atom. The van der Waals surface area contributed by atoms with Crippen LogP contribution in [0.3, 0.4) is 0 Å². The fraction of sp³-hybridized carbons (Fsp3) is 0.0667. The minimum Gasteiger partial charge on any atom is -0.397 e. The van der Waals surface area contributed by atoms with Gasteiger partial charge in [0.25, 0.3) is 0 Å². The largest absolute Gasteiger partial charge is 0.397 e. The minimum atomic E-state index is 0.505. The molecule has 106 valence electrons. The van der Waals surface area contributed by atoms with Crippen LogP contribution in [0.4, 0.5) is 5.69 Å². The van der Waals surface area contributed by atoms with E-state index in [1.807, 2.05) is 37.4 Å². The third-order valence-corrected chi connectivity index (χ3v) is 3.79. The number of rotatable bonds is 2. The van der Waals surface area contributed by atoms with Crippen molar-refractivity contribution in [2.75, 3.05) is 5.73 Å². The molecule has 0 bridgehead atoms. The first-order valence-corrected chi connectivity index (χ1v) is 7.04. The van der Waals surface area contributed by atoms with Crippen molar-refractivity contribution in [1.82, 2.24) is 15.0 Å². The Hall–Kier alpha value is -2.04. The Morgan fingerprint density at radius 3 is 2.67 bits per heavy atom. The van der Waals surface area contributed by atoms with Crippen molar-refractivity contribution < 1.29 is 0 Å². The molecule has 4 nitrogen and oxygen atoms in total. The van der Waals surface area contributed by atoms with E-state index in [1.54, 1.807) is 16.8 Å². The standard InChI is InChI=1S/C15H12Cl2N4/c1-9-2-3-10(16)6-12(9)15-8-21(20-19-15)11-4-5-13(17)14(18)7-11/h2-8H,18H2,1H3. The number of hydrogen-bond donors (Lipinski definition) is 1. The van der Waals surface area contributed by atoms with Crippen LogP contribution < -0.4 is 5.73 Å². The lowest BCUT2D eigenvalue weighted by Crippen LogP contribution is -1.96. The Bertz CT molecular complexity index is 811. The van der Waals surface area contributed by atoms with Crippen LogP contribution in [0.15, 0.2) is 42.6 Å². The van der Waals surface area contributed by atoms with Gasteiger partial charge in [-0.15, -0.1) is 5.10 Å². The maximum Gasteiger partial charge on any atom is 0.113 e. The van der Waals surface area contributed by atoms with E-state index in [0.717, 1.165) is 22.5 Å². The van der Waals surface area contributed by atoms with Gasteiger partial charge in [0, 0.05) is 10.6 Å². The number of benzene rings is 2. The molecule has 0 radical (unpaired) electrons. The molecule has 0 fully saturated rings. The normalized spacial score (nSPS) is 10.8. The molecule has 0 spiro atoms. The molecular weight excluding hydrogens is 307 g/mol. The summed E-state index contributed by atoms with van der Waals surface area (Å²) in [4.78, 5) is 0. The van der Waals surface area contributed by atoms with Gasteiger partial charge in [0.1, 0.15) is 5.69 Å². The number of anilines is 1. The first kappa shape index (κ1) is 13.9. The molecule has 1 heterocycles. The highest BCUT2D eigenvalue weighted by Gasteiger charge is 2.09. The Morgan fingerprint density at radius 1 is 1.10 bits per heavy atom. The molecule has 21 heavy (non-hydrogen) atoms. The maximum absolute atomic E-state index is 6.04. The number of halogens is 2. The van der Waals surface area contributed by atoms with Crippen LogP contribution in [0.1, 0.15) is 5.56 Å². The number of aromatic nitrogens is 3. The van der Waals surface area contributed by atoms with Gasteiger partial charge >= 0.3 is 0 Å². The summed E-state index contributed by atoms with van der Waals surface area (Å²) >= 11 is 12.0. The smallest absolute Gasteiger partial charge is 0.113 e. The van der Waals surface area contributed by atoms with Crippen LogP contribution in [-0.4, -0.2) is 15.0 Å². The van der Waals surface area contributed by atoms with Crippen molar-refractivity contribution in [2.45, 2.75) is 6.92 Å². The van der Waals surface area contributed by atoms with Crippen LogP contribution in [0.5, 0.6) is 0 Å². The van der Waals surface area contributed by atoms with Crippen LogP contribution in [0, 0.1) is 6.92 Å². The summed E-state index contributed by atoms with van der Waals surface area (Å²) in [6.07, 6.45) is 1.83. The third kappa shape index (κ3) is 2.73. The molecule has 0 aliphatic heterocycles. The van der Waals surface area contributed by atoms with E-state index in [2.05, 4.69) is 10.3 Å². The zero-order valence-corrected chi connectivity index (χ0v) is 12.7. The molecule has 0 aliphatic rings. The molecule has 0 atom stereocenters. The number of aryl methyl sites for hydroxylation is 1. The van der Waals surface area contributed by atoms with E-state index in [9.17, 15) is 0 Å². The molecule has 1 aromatic heterocycles. The molecule has 0 saturated heterocycles. The number of hydrogen-bond acceptors (Lipinski definition) is 3. The van der Waals surface area contributed by atoms with Crippen molar-refractivity contribution in [3.8, 4) is 16.9 Å². The van der Waals surface area contributed by atoms with Gasteiger partial charge in [-0.1, -0.05) is 34.5 Å². The first-order chi connectivity index (χ1) is 10.0. The second-order valence-electron chi connectivity index (χ2n) is 4.71. The zero-order valence-electron chi connectivity index (χ0n) is 11.2. The average molecular weight is 319 g/mol. The van der Waals surface area contributed by atoms with Crippen LogP contribution >= 0.6 is 23.2 Å². The average Bonchev–Trinajstić information content (AvgIpc) is 2.94. The molecule has 2 aromatic carbocycles. The lowest BCUT2D eigenvalue weighted by atomic mass is 10.1. The van der Waals surface area contributed by atoms with Crippen LogP contribution in [-0.2, 0) is 0 Å². The van der Waals surface area contributed by atoms with Crippen molar-refractivity contribution in [3.05, 3.63) is 58.2 Å².